The van der Waals surface area contributed by atoms with E-state index < -0.39 is 6.61 Å². The molecule has 2 unspecified atom stereocenters. The highest BCUT2D eigenvalue weighted by atomic mass is 35.5. The number of ether oxygens (including phenoxy) is 2. The Morgan fingerprint density at radius 1 is 1.15 bits per heavy atom. The molecule has 33 heavy (non-hydrogen) atoms. The van der Waals surface area contributed by atoms with Crippen molar-refractivity contribution in [3.05, 3.63) is 35.7 Å². The van der Waals surface area contributed by atoms with Crippen LogP contribution in [-0.4, -0.2) is 38.7 Å². The van der Waals surface area contributed by atoms with E-state index in [-0.39, 0.29) is 27.7 Å². The first-order valence-corrected chi connectivity index (χ1v) is 11.3. The minimum absolute atomic E-state index is 0.0505. The monoisotopic (exact) mass is 477 g/mol. The summed E-state index contributed by atoms with van der Waals surface area (Å²) in [5.41, 5.74) is 0.210. The minimum Gasteiger partial charge on any atom is -0.493 e. The molecule has 4 aliphatic carbocycles. The van der Waals surface area contributed by atoms with Gasteiger partial charge in [0.25, 0.3) is 0 Å². The fraction of sp³-hybridized carbons (Fsp3) is 0.545. The van der Waals surface area contributed by atoms with Crippen LogP contribution in [0.3, 0.4) is 0 Å². The van der Waals surface area contributed by atoms with Gasteiger partial charge in [-0.15, -0.1) is 15.3 Å². The number of benzene rings is 1. The first-order chi connectivity index (χ1) is 15.9. The van der Waals surface area contributed by atoms with E-state index in [2.05, 4.69) is 25.0 Å². The van der Waals surface area contributed by atoms with E-state index in [9.17, 15) is 8.78 Å². The average molecular weight is 478 g/mol. The van der Waals surface area contributed by atoms with Crippen molar-refractivity contribution in [3.63, 3.8) is 0 Å². The van der Waals surface area contributed by atoms with Crippen LogP contribution in [0.15, 0.2) is 28.9 Å². The Balaban J connectivity index is 1.34. The summed E-state index contributed by atoms with van der Waals surface area (Å²) in [6.07, 6.45) is 7.88. The van der Waals surface area contributed by atoms with Crippen LogP contribution in [0.4, 0.5) is 8.78 Å². The first-order valence-electron chi connectivity index (χ1n) is 10.9. The lowest BCUT2D eigenvalue weighted by Gasteiger charge is -2.60. The van der Waals surface area contributed by atoms with E-state index in [0.29, 0.717) is 29.2 Å². The summed E-state index contributed by atoms with van der Waals surface area (Å²) in [4.78, 5) is 4.15. The lowest BCUT2D eigenvalue weighted by Crippen LogP contribution is -2.58. The molecule has 4 aliphatic rings. The van der Waals surface area contributed by atoms with E-state index in [1.54, 1.807) is 18.5 Å². The molecule has 4 fully saturated rings. The second-order valence-corrected chi connectivity index (χ2v) is 9.92. The zero-order chi connectivity index (χ0) is 22.8. The number of alkyl halides is 2. The van der Waals surface area contributed by atoms with Crippen LogP contribution in [0.25, 0.3) is 11.5 Å². The Hall–Kier alpha value is -2.75. The van der Waals surface area contributed by atoms with E-state index in [0.717, 1.165) is 32.1 Å². The molecule has 4 bridgehead atoms. The molecule has 0 radical (unpaired) electrons. The van der Waals surface area contributed by atoms with Crippen molar-refractivity contribution in [1.29, 1.82) is 0 Å². The van der Waals surface area contributed by atoms with E-state index >= 15 is 0 Å². The molecule has 2 aromatic heterocycles. The zero-order valence-electron chi connectivity index (χ0n) is 17.9. The smallest absolute Gasteiger partial charge is 0.387 e. The van der Waals surface area contributed by atoms with Crippen molar-refractivity contribution in [1.82, 2.24) is 25.0 Å². The Morgan fingerprint density at radius 2 is 1.94 bits per heavy atom. The van der Waals surface area contributed by atoms with Crippen LogP contribution in [0.2, 0.25) is 5.28 Å². The number of methoxy groups -OCH3 is 1. The molecule has 174 valence electrons. The Kier molecular flexibility index (Phi) is 4.66. The van der Waals surface area contributed by atoms with Gasteiger partial charge in [0.1, 0.15) is 6.33 Å². The summed E-state index contributed by atoms with van der Waals surface area (Å²) in [7, 11) is 1.39. The molecule has 0 saturated heterocycles. The Morgan fingerprint density at radius 3 is 2.61 bits per heavy atom. The fourth-order valence-corrected chi connectivity index (χ4v) is 6.88. The largest absolute Gasteiger partial charge is 0.493 e. The SMILES string of the molecule is COc1cc(-c2nnc(C34CC5CC(C3)CC(n3cnc(Cl)n3)(C5)C4)o2)ccc1OC(F)F. The van der Waals surface area contributed by atoms with Gasteiger partial charge in [0, 0.05) is 5.56 Å². The molecule has 7 rings (SSSR count). The topological polar surface area (TPSA) is 88.1 Å². The van der Waals surface area contributed by atoms with Crippen molar-refractivity contribution in [2.45, 2.75) is 56.1 Å². The number of hydrogen-bond donors (Lipinski definition) is 0. The molecular weight excluding hydrogens is 456 g/mol. The molecule has 4 saturated carbocycles. The summed E-state index contributed by atoms with van der Waals surface area (Å²) < 4.78 is 43.2. The van der Waals surface area contributed by atoms with Gasteiger partial charge in [-0.05, 0) is 80.2 Å². The van der Waals surface area contributed by atoms with Gasteiger partial charge in [-0.3, -0.25) is 0 Å². The van der Waals surface area contributed by atoms with Crippen molar-refractivity contribution >= 4 is 11.6 Å². The van der Waals surface area contributed by atoms with Crippen molar-refractivity contribution in [2.75, 3.05) is 7.11 Å². The third kappa shape index (κ3) is 3.37. The van der Waals surface area contributed by atoms with Crippen LogP contribution in [0.1, 0.15) is 44.4 Å². The molecule has 8 nitrogen and oxygen atoms in total. The zero-order valence-corrected chi connectivity index (χ0v) is 18.6. The third-order valence-corrected chi connectivity index (χ3v) is 7.66. The normalized spacial score (nSPS) is 30.2. The predicted molar refractivity (Wildman–Crippen MR) is 112 cm³/mol. The number of nitrogens with zero attached hydrogens (tertiary/aromatic N) is 5. The molecule has 0 spiro atoms. The fourth-order valence-electron chi connectivity index (χ4n) is 6.75. The van der Waals surface area contributed by atoms with Crippen molar-refractivity contribution in [2.24, 2.45) is 11.8 Å². The lowest BCUT2D eigenvalue weighted by molar-refractivity contribution is -0.0772. The molecular formula is C22H22ClF2N5O3. The summed E-state index contributed by atoms with van der Waals surface area (Å²) in [5.74, 6) is 2.16. The van der Waals surface area contributed by atoms with E-state index in [1.165, 1.54) is 19.6 Å². The third-order valence-electron chi connectivity index (χ3n) is 7.49. The lowest BCUT2D eigenvalue weighted by atomic mass is 9.47. The van der Waals surface area contributed by atoms with Gasteiger partial charge < -0.3 is 13.9 Å². The standard InChI is InChI=1S/C22H22ClF2N5O3/c1-31-16-5-14(2-3-15(16)32-20(24)25)17-27-28-18(33-17)21-6-12-4-13(7-21)9-22(8-12,10-21)30-11-26-19(23)29-30/h2-3,5,11-13,20H,4,6-10H2,1H3. The van der Waals surface area contributed by atoms with E-state index in [1.807, 2.05) is 4.68 Å². The number of rotatable bonds is 6. The maximum atomic E-state index is 12.6. The van der Waals surface area contributed by atoms with Crippen LogP contribution in [-0.2, 0) is 11.0 Å². The molecule has 2 heterocycles. The highest BCUT2D eigenvalue weighted by Crippen LogP contribution is 2.64. The molecule has 0 amide bonds. The average Bonchev–Trinajstić information content (AvgIpc) is 3.43. The first kappa shape index (κ1) is 20.8. The van der Waals surface area contributed by atoms with Gasteiger partial charge in [-0.1, -0.05) is 0 Å². The van der Waals surface area contributed by atoms with Gasteiger partial charge in [0.05, 0.1) is 18.1 Å². The number of aromatic nitrogens is 5. The number of hydrogen-bond acceptors (Lipinski definition) is 7. The van der Waals surface area contributed by atoms with Gasteiger partial charge in [-0.2, -0.15) is 8.78 Å². The highest BCUT2D eigenvalue weighted by Gasteiger charge is 2.61. The summed E-state index contributed by atoms with van der Waals surface area (Å²) in [5, 5.41) is 13.5. The number of halogens is 3. The minimum atomic E-state index is -2.94. The van der Waals surface area contributed by atoms with E-state index in [4.69, 9.17) is 20.8 Å². The van der Waals surface area contributed by atoms with Crippen LogP contribution in [0, 0.1) is 11.8 Å². The Bertz CT molecular complexity index is 1180. The molecule has 0 aliphatic heterocycles. The maximum Gasteiger partial charge on any atom is 0.387 e. The Labute approximate surface area is 193 Å². The second kappa shape index (κ2) is 7.38. The molecule has 1 aromatic carbocycles. The van der Waals surface area contributed by atoms with Crippen molar-refractivity contribution < 1.29 is 22.7 Å². The summed E-state index contributed by atoms with van der Waals surface area (Å²) in [6.45, 7) is -2.94. The van der Waals surface area contributed by atoms with Crippen LogP contribution >= 0.6 is 11.6 Å². The highest BCUT2D eigenvalue weighted by molar-refractivity contribution is 6.28. The molecule has 11 heteroatoms. The van der Waals surface area contributed by atoms with Gasteiger partial charge in [-0.25, -0.2) is 9.67 Å². The molecule has 2 atom stereocenters. The predicted octanol–water partition coefficient (Wildman–Crippen LogP) is 4.84. The van der Waals surface area contributed by atoms with Crippen molar-refractivity contribution in [3.8, 4) is 23.0 Å². The van der Waals surface area contributed by atoms with Crippen LogP contribution in [0.5, 0.6) is 11.5 Å². The summed E-state index contributed by atoms with van der Waals surface area (Å²) in [6, 6.07) is 4.59. The van der Waals surface area contributed by atoms with Gasteiger partial charge in [0.2, 0.25) is 17.1 Å². The summed E-state index contributed by atoms with van der Waals surface area (Å²) >= 11 is 6.04. The second-order valence-electron chi connectivity index (χ2n) is 9.58. The molecule has 0 N–H and O–H groups in total. The van der Waals surface area contributed by atoms with Gasteiger partial charge in [0.15, 0.2) is 11.5 Å². The quantitative estimate of drug-likeness (QED) is 0.502. The maximum absolute atomic E-state index is 12.6. The molecule has 3 aromatic rings. The van der Waals surface area contributed by atoms with Crippen LogP contribution < -0.4 is 9.47 Å². The van der Waals surface area contributed by atoms with Gasteiger partial charge >= 0.3 is 6.61 Å².